The second kappa shape index (κ2) is 8.07. The zero-order valence-electron chi connectivity index (χ0n) is 14.0. The van der Waals surface area contributed by atoms with E-state index in [1.807, 2.05) is 0 Å². The number of amides is 4. The summed E-state index contributed by atoms with van der Waals surface area (Å²) < 4.78 is 38.2. The average molecular weight is 372 g/mol. The van der Waals surface area contributed by atoms with E-state index in [0.717, 1.165) is 12.1 Å². The molecule has 10 heteroatoms. The van der Waals surface area contributed by atoms with Gasteiger partial charge >= 0.3 is 12.2 Å². The maximum Gasteiger partial charge on any atom is 0.416 e. The van der Waals surface area contributed by atoms with Crippen molar-refractivity contribution in [1.29, 1.82) is 0 Å². The number of nitrogens with zero attached hydrogens (tertiary/aromatic N) is 1. The summed E-state index contributed by atoms with van der Waals surface area (Å²) in [5.74, 6) is -1.15. The van der Waals surface area contributed by atoms with Crippen molar-refractivity contribution in [2.24, 2.45) is 0 Å². The summed E-state index contributed by atoms with van der Waals surface area (Å²) in [5.41, 5.74) is -0.930. The van der Waals surface area contributed by atoms with Crippen LogP contribution in [0.15, 0.2) is 24.3 Å². The molecule has 0 aliphatic carbocycles. The number of carbonyl (C=O) groups is 3. The molecule has 3 N–H and O–H groups in total. The highest BCUT2D eigenvalue weighted by Gasteiger charge is 2.35. The predicted octanol–water partition coefficient (Wildman–Crippen LogP) is 1.56. The molecule has 4 amide bonds. The first-order valence-electron chi connectivity index (χ1n) is 8.01. The highest BCUT2D eigenvalue weighted by atomic mass is 19.4. The number of urea groups is 1. The molecule has 1 aromatic carbocycles. The van der Waals surface area contributed by atoms with Gasteiger partial charge in [0.15, 0.2) is 0 Å². The van der Waals surface area contributed by atoms with Gasteiger partial charge in [0.25, 0.3) is 0 Å². The zero-order valence-corrected chi connectivity index (χ0v) is 14.0. The van der Waals surface area contributed by atoms with Crippen LogP contribution in [0.25, 0.3) is 0 Å². The van der Waals surface area contributed by atoms with Gasteiger partial charge in [0.2, 0.25) is 11.8 Å². The third-order valence-electron chi connectivity index (χ3n) is 3.77. The monoisotopic (exact) mass is 372 g/mol. The van der Waals surface area contributed by atoms with Gasteiger partial charge in [0.1, 0.15) is 6.04 Å². The fourth-order valence-corrected chi connectivity index (χ4v) is 2.57. The highest BCUT2D eigenvalue weighted by molar-refractivity contribution is 5.97. The van der Waals surface area contributed by atoms with Crippen LogP contribution in [-0.2, 0) is 15.8 Å². The number of halogens is 3. The third kappa shape index (κ3) is 4.87. The van der Waals surface area contributed by atoms with Gasteiger partial charge < -0.3 is 20.9 Å². The van der Waals surface area contributed by atoms with E-state index in [1.54, 1.807) is 6.92 Å². The molecule has 0 unspecified atom stereocenters. The first kappa shape index (κ1) is 19.5. The van der Waals surface area contributed by atoms with Crippen LogP contribution in [0.3, 0.4) is 0 Å². The van der Waals surface area contributed by atoms with Crippen LogP contribution in [0.4, 0.5) is 23.7 Å². The van der Waals surface area contributed by atoms with E-state index in [1.165, 1.54) is 17.0 Å². The van der Waals surface area contributed by atoms with E-state index in [2.05, 4.69) is 16.0 Å². The van der Waals surface area contributed by atoms with Crippen LogP contribution in [0, 0.1) is 0 Å². The van der Waals surface area contributed by atoms with Crippen molar-refractivity contribution < 1.29 is 27.6 Å². The Morgan fingerprint density at radius 3 is 2.73 bits per heavy atom. The van der Waals surface area contributed by atoms with Gasteiger partial charge in [0.05, 0.1) is 12.0 Å². The molecule has 7 nitrogen and oxygen atoms in total. The lowest BCUT2D eigenvalue weighted by Crippen LogP contribution is -2.60. The molecule has 1 saturated heterocycles. The van der Waals surface area contributed by atoms with Gasteiger partial charge in [-0.2, -0.15) is 13.2 Å². The quantitative estimate of drug-likeness (QED) is 0.749. The highest BCUT2D eigenvalue weighted by Crippen LogP contribution is 2.30. The predicted molar refractivity (Wildman–Crippen MR) is 87.3 cm³/mol. The van der Waals surface area contributed by atoms with Gasteiger partial charge in [-0.1, -0.05) is 6.07 Å². The van der Waals surface area contributed by atoms with E-state index < -0.39 is 35.6 Å². The van der Waals surface area contributed by atoms with E-state index >= 15 is 0 Å². The van der Waals surface area contributed by atoms with Crippen molar-refractivity contribution in [1.82, 2.24) is 15.5 Å². The molecule has 0 radical (unpaired) electrons. The third-order valence-corrected chi connectivity index (χ3v) is 3.77. The molecule has 1 atom stereocenters. The van der Waals surface area contributed by atoms with Crippen molar-refractivity contribution >= 4 is 23.5 Å². The minimum Gasteiger partial charge on any atom is -0.353 e. The molecule has 26 heavy (non-hydrogen) atoms. The van der Waals surface area contributed by atoms with Crippen LogP contribution in [0.5, 0.6) is 0 Å². The largest absolute Gasteiger partial charge is 0.416 e. The number of nitrogens with one attached hydrogen (secondary N) is 3. The van der Waals surface area contributed by atoms with Gasteiger partial charge in [-0.05, 0) is 25.1 Å². The molecule has 1 aromatic rings. The molecular formula is C16H19F3N4O3. The first-order chi connectivity index (χ1) is 12.2. The summed E-state index contributed by atoms with van der Waals surface area (Å²) in [4.78, 5) is 37.5. The van der Waals surface area contributed by atoms with Crippen LogP contribution in [0.2, 0.25) is 0 Å². The Morgan fingerprint density at radius 2 is 2.08 bits per heavy atom. The van der Waals surface area contributed by atoms with Crippen molar-refractivity contribution in [3.8, 4) is 0 Å². The maximum absolute atomic E-state index is 12.7. The molecule has 1 fully saturated rings. The average Bonchev–Trinajstić information content (AvgIpc) is 2.56. The molecule has 0 bridgehead atoms. The smallest absolute Gasteiger partial charge is 0.353 e. The number of anilines is 1. The lowest BCUT2D eigenvalue weighted by Gasteiger charge is -2.34. The number of benzene rings is 1. The maximum atomic E-state index is 12.7. The van der Waals surface area contributed by atoms with Crippen LogP contribution < -0.4 is 16.0 Å². The molecule has 1 aliphatic heterocycles. The van der Waals surface area contributed by atoms with Crippen LogP contribution >= 0.6 is 0 Å². The first-order valence-corrected chi connectivity index (χ1v) is 8.01. The number of hydrogen-bond acceptors (Lipinski definition) is 3. The van der Waals surface area contributed by atoms with E-state index in [0.29, 0.717) is 6.54 Å². The minimum atomic E-state index is -4.53. The SMILES string of the molecule is CCNC(=O)N1CCNC(=O)[C@H]1CC(=O)Nc1cccc(C(F)(F)F)c1. The van der Waals surface area contributed by atoms with Crippen molar-refractivity contribution in [2.45, 2.75) is 25.6 Å². The summed E-state index contributed by atoms with van der Waals surface area (Å²) in [6, 6.07) is 2.68. The van der Waals surface area contributed by atoms with Crippen LogP contribution in [-0.4, -0.2) is 48.4 Å². The summed E-state index contributed by atoms with van der Waals surface area (Å²) in [6.45, 7) is 2.58. The fraction of sp³-hybridized carbons (Fsp3) is 0.438. The number of carbonyl (C=O) groups excluding carboxylic acids is 3. The zero-order chi connectivity index (χ0) is 19.3. The Labute approximate surface area is 147 Å². The number of rotatable bonds is 4. The molecule has 0 saturated carbocycles. The van der Waals surface area contributed by atoms with Gasteiger partial charge in [-0.15, -0.1) is 0 Å². The molecule has 142 valence electrons. The minimum absolute atomic E-state index is 0.0365. The Hall–Kier alpha value is -2.78. The van der Waals surface area contributed by atoms with Gasteiger partial charge in [-0.25, -0.2) is 4.79 Å². The Balaban J connectivity index is 2.07. The number of piperazine rings is 1. The Kier molecular flexibility index (Phi) is 6.06. The number of hydrogen-bond donors (Lipinski definition) is 3. The van der Waals surface area contributed by atoms with Crippen LogP contribution in [0.1, 0.15) is 18.9 Å². The molecule has 1 heterocycles. The Bertz CT molecular complexity index is 694. The fourth-order valence-electron chi connectivity index (χ4n) is 2.57. The summed E-state index contributed by atoms with van der Waals surface area (Å²) in [7, 11) is 0. The molecule has 2 rings (SSSR count). The molecule has 0 spiro atoms. The second-order valence-electron chi connectivity index (χ2n) is 5.67. The van der Waals surface area contributed by atoms with Crippen molar-refractivity contribution in [3.63, 3.8) is 0 Å². The summed E-state index contributed by atoms with van der Waals surface area (Å²) in [5, 5.41) is 7.47. The number of alkyl halides is 3. The molecule has 1 aliphatic rings. The lowest BCUT2D eigenvalue weighted by molar-refractivity contribution is -0.137. The van der Waals surface area contributed by atoms with E-state index in [-0.39, 0.29) is 25.2 Å². The molecule has 0 aromatic heterocycles. The lowest BCUT2D eigenvalue weighted by atomic mass is 10.1. The summed E-state index contributed by atoms with van der Waals surface area (Å²) in [6.07, 6.45) is -4.89. The standard InChI is InChI=1S/C16H19F3N4O3/c1-2-20-15(26)23-7-6-21-14(25)12(23)9-13(24)22-11-5-3-4-10(8-11)16(17,18)19/h3-5,8,12H,2,6-7,9H2,1H3,(H,20,26)(H,21,25)(H,22,24)/t12-/m1/s1. The van der Waals surface area contributed by atoms with Crippen molar-refractivity contribution in [2.75, 3.05) is 25.0 Å². The van der Waals surface area contributed by atoms with Gasteiger partial charge in [0, 0.05) is 25.3 Å². The molecular weight excluding hydrogens is 353 g/mol. The van der Waals surface area contributed by atoms with Crippen molar-refractivity contribution in [3.05, 3.63) is 29.8 Å². The van der Waals surface area contributed by atoms with E-state index in [9.17, 15) is 27.6 Å². The summed E-state index contributed by atoms with van der Waals surface area (Å²) >= 11 is 0. The normalized spacial score (nSPS) is 17.5. The topological polar surface area (TPSA) is 90.5 Å². The van der Waals surface area contributed by atoms with E-state index in [4.69, 9.17) is 0 Å². The second-order valence-corrected chi connectivity index (χ2v) is 5.67. The Morgan fingerprint density at radius 1 is 1.35 bits per heavy atom. The van der Waals surface area contributed by atoms with Gasteiger partial charge in [-0.3, -0.25) is 9.59 Å².